The monoisotopic (exact) mass is 277 g/mol. The van der Waals surface area contributed by atoms with Crippen LogP contribution in [0.2, 0.25) is 0 Å². The van der Waals surface area contributed by atoms with Crippen LogP contribution in [0.25, 0.3) is 0 Å². The van der Waals surface area contributed by atoms with Crippen molar-refractivity contribution >= 4 is 11.8 Å². The highest BCUT2D eigenvalue weighted by Gasteiger charge is 2.13. The summed E-state index contributed by atoms with van der Waals surface area (Å²) in [7, 11) is 0. The van der Waals surface area contributed by atoms with E-state index in [4.69, 9.17) is 0 Å². The first-order valence-corrected chi connectivity index (χ1v) is 6.90. The molecule has 1 aromatic heterocycles. The number of nitrogens with one attached hydrogen (secondary N) is 1. The number of carbonyl (C=O) groups excluding carboxylic acids is 2. The molecule has 5 heteroatoms. The van der Waals surface area contributed by atoms with Crippen LogP contribution in [-0.2, 0) is 16.1 Å². The average molecular weight is 277 g/mol. The highest BCUT2D eigenvalue weighted by molar-refractivity contribution is 5.83. The molecule has 2 amide bonds. The molecule has 0 saturated heterocycles. The van der Waals surface area contributed by atoms with Crippen molar-refractivity contribution in [1.82, 2.24) is 15.2 Å². The lowest BCUT2D eigenvalue weighted by molar-refractivity contribution is -0.134. The minimum Gasteiger partial charge on any atom is -0.355 e. The van der Waals surface area contributed by atoms with Crippen LogP contribution in [0.1, 0.15) is 32.8 Å². The van der Waals surface area contributed by atoms with Crippen molar-refractivity contribution in [1.29, 1.82) is 0 Å². The van der Waals surface area contributed by atoms with Gasteiger partial charge in [-0.25, -0.2) is 0 Å². The first kappa shape index (κ1) is 16.1. The van der Waals surface area contributed by atoms with Gasteiger partial charge in [0.2, 0.25) is 11.8 Å². The summed E-state index contributed by atoms with van der Waals surface area (Å²) < 4.78 is 0. The minimum absolute atomic E-state index is 0.0930. The normalized spacial score (nSPS) is 10.4. The Labute approximate surface area is 120 Å². The molecule has 20 heavy (non-hydrogen) atoms. The molecule has 1 aromatic rings. The van der Waals surface area contributed by atoms with Crippen LogP contribution in [0.5, 0.6) is 0 Å². The van der Waals surface area contributed by atoms with Gasteiger partial charge in [-0.05, 0) is 30.0 Å². The molecule has 5 nitrogen and oxygen atoms in total. The molecule has 0 radical (unpaired) electrons. The number of hydrogen-bond acceptors (Lipinski definition) is 3. The lowest BCUT2D eigenvalue weighted by Crippen LogP contribution is -2.39. The Morgan fingerprint density at radius 1 is 1.30 bits per heavy atom. The van der Waals surface area contributed by atoms with E-state index in [0.717, 1.165) is 12.0 Å². The molecule has 0 atom stereocenters. The van der Waals surface area contributed by atoms with Crippen LogP contribution in [0.3, 0.4) is 0 Å². The molecule has 110 valence electrons. The summed E-state index contributed by atoms with van der Waals surface area (Å²) in [6, 6.07) is 3.68. The Morgan fingerprint density at radius 2 is 1.95 bits per heavy atom. The van der Waals surface area contributed by atoms with Crippen molar-refractivity contribution in [3.63, 3.8) is 0 Å². The third kappa shape index (κ3) is 6.31. The van der Waals surface area contributed by atoms with Crippen LogP contribution in [0.4, 0.5) is 0 Å². The van der Waals surface area contributed by atoms with E-state index < -0.39 is 0 Å². The number of amides is 2. The molecule has 1 N–H and O–H groups in total. The third-order valence-electron chi connectivity index (χ3n) is 2.95. The molecule has 0 aliphatic carbocycles. The number of hydrogen-bond donors (Lipinski definition) is 1. The quantitative estimate of drug-likeness (QED) is 0.823. The Morgan fingerprint density at radius 3 is 2.50 bits per heavy atom. The van der Waals surface area contributed by atoms with Gasteiger partial charge in [-0.2, -0.15) is 0 Å². The lowest BCUT2D eigenvalue weighted by atomic mass is 10.1. The Hall–Kier alpha value is -1.91. The van der Waals surface area contributed by atoms with Gasteiger partial charge in [0.05, 0.1) is 6.54 Å². The smallest absolute Gasteiger partial charge is 0.239 e. The second-order valence-electron chi connectivity index (χ2n) is 5.26. The molecule has 1 heterocycles. The van der Waals surface area contributed by atoms with Crippen molar-refractivity contribution in [2.75, 3.05) is 13.1 Å². The molecule has 0 unspecified atom stereocenters. The van der Waals surface area contributed by atoms with Gasteiger partial charge < -0.3 is 10.2 Å². The largest absolute Gasteiger partial charge is 0.355 e. The maximum absolute atomic E-state index is 11.8. The van der Waals surface area contributed by atoms with E-state index in [9.17, 15) is 9.59 Å². The molecule has 0 aliphatic rings. The fourth-order valence-corrected chi connectivity index (χ4v) is 1.72. The standard InChI is InChI=1S/C15H23N3O2/c1-12(2)4-9-17-15(20)11-18(13(3)19)10-14-5-7-16-8-6-14/h5-8,12H,4,9-11H2,1-3H3,(H,17,20). The van der Waals surface area contributed by atoms with Crippen LogP contribution in [0.15, 0.2) is 24.5 Å². The molecule has 0 saturated carbocycles. The summed E-state index contributed by atoms with van der Waals surface area (Å²) in [6.45, 7) is 6.86. The van der Waals surface area contributed by atoms with Crippen LogP contribution in [0, 0.1) is 5.92 Å². The molecule has 0 aromatic carbocycles. The van der Waals surface area contributed by atoms with E-state index in [-0.39, 0.29) is 18.4 Å². The van der Waals surface area contributed by atoms with Gasteiger partial charge in [0.1, 0.15) is 0 Å². The maximum atomic E-state index is 11.8. The minimum atomic E-state index is -0.116. The molecule has 0 bridgehead atoms. The van der Waals surface area contributed by atoms with Crippen LogP contribution in [-0.4, -0.2) is 34.8 Å². The van der Waals surface area contributed by atoms with Crippen LogP contribution < -0.4 is 5.32 Å². The predicted molar refractivity (Wildman–Crippen MR) is 77.8 cm³/mol. The summed E-state index contributed by atoms with van der Waals surface area (Å²) in [5, 5.41) is 2.84. The fraction of sp³-hybridized carbons (Fsp3) is 0.533. The van der Waals surface area contributed by atoms with Crippen molar-refractivity contribution in [2.45, 2.75) is 33.7 Å². The molecular formula is C15H23N3O2. The number of carbonyl (C=O) groups is 2. The Balaban J connectivity index is 2.47. The topological polar surface area (TPSA) is 62.3 Å². The first-order chi connectivity index (χ1) is 9.49. The average Bonchev–Trinajstić information content (AvgIpc) is 2.38. The Bertz CT molecular complexity index is 432. The highest BCUT2D eigenvalue weighted by atomic mass is 16.2. The van der Waals surface area contributed by atoms with Gasteiger partial charge >= 0.3 is 0 Å². The van der Waals surface area contributed by atoms with E-state index in [1.165, 1.54) is 11.8 Å². The zero-order valence-electron chi connectivity index (χ0n) is 12.4. The van der Waals surface area contributed by atoms with Crippen molar-refractivity contribution in [3.05, 3.63) is 30.1 Å². The van der Waals surface area contributed by atoms with E-state index >= 15 is 0 Å². The van der Waals surface area contributed by atoms with Crippen molar-refractivity contribution in [2.24, 2.45) is 5.92 Å². The predicted octanol–water partition coefficient (Wildman–Crippen LogP) is 1.59. The second kappa shape index (κ2) is 8.30. The maximum Gasteiger partial charge on any atom is 0.239 e. The van der Waals surface area contributed by atoms with E-state index in [0.29, 0.717) is 19.0 Å². The van der Waals surface area contributed by atoms with Crippen molar-refractivity contribution in [3.8, 4) is 0 Å². The number of rotatable bonds is 7. The first-order valence-electron chi connectivity index (χ1n) is 6.90. The fourth-order valence-electron chi connectivity index (χ4n) is 1.72. The zero-order chi connectivity index (χ0) is 15.0. The third-order valence-corrected chi connectivity index (χ3v) is 2.95. The SMILES string of the molecule is CC(=O)N(CC(=O)NCCC(C)C)Cc1ccncc1. The summed E-state index contributed by atoms with van der Waals surface area (Å²) in [5.41, 5.74) is 0.963. The summed E-state index contributed by atoms with van der Waals surface area (Å²) in [4.78, 5) is 28.9. The summed E-state index contributed by atoms with van der Waals surface area (Å²) in [6.07, 6.45) is 4.29. The summed E-state index contributed by atoms with van der Waals surface area (Å²) >= 11 is 0. The molecule has 0 fully saturated rings. The van der Waals surface area contributed by atoms with E-state index in [2.05, 4.69) is 24.1 Å². The van der Waals surface area contributed by atoms with Crippen molar-refractivity contribution < 1.29 is 9.59 Å². The van der Waals surface area contributed by atoms with Gasteiger partial charge in [-0.3, -0.25) is 14.6 Å². The van der Waals surface area contributed by atoms with Gasteiger partial charge in [-0.1, -0.05) is 13.8 Å². The van der Waals surface area contributed by atoms with E-state index in [1.807, 2.05) is 12.1 Å². The number of pyridine rings is 1. The molecule has 0 spiro atoms. The lowest BCUT2D eigenvalue weighted by Gasteiger charge is -2.20. The Kier molecular flexibility index (Phi) is 6.70. The van der Waals surface area contributed by atoms with Gasteiger partial charge in [0, 0.05) is 32.4 Å². The molecule has 0 aliphatic heterocycles. The van der Waals surface area contributed by atoms with Gasteiger partial charge in [0.15, 0.2) is 0 Å². The number of aromatic nitrogens is 1. The number of nitrogens with zero attached hydrogens (tertiary/aromatic N) is 2. The van der Waals surface area contributed by atoms with E-state index in [1.54, 1.807) is 12.4 Å². The summed E-state index contributed by atoms with van der Waals surface area (Å²) in [5.74, 6) is 0.326. The zero-order valence-corrected chi connectivity index (χ0v) is 12.4. The highest BCUT2D eigenvalue weighted by Crippen LogP contribution is 2.03. The van der Waals surface area contributed by atoms with Gasteiger partial charge in [-0.15, -0.1) is 0 Å². The molecule has 1 rings (SSSR count). The van der Waals surface area contributed by atoms with Gasteiger partial charge in [0.25, 0.3) is 0 Å². The second-order valence-corrected chi connectivity index (χ2v) is 5.26. The molecular weight excluding hydrogens is 254 g/mol. The van der Waals surface area contributed by atoms with Crippen LogP contribution >= 0.6 is 0 Å².